The van der Waals surface area contributed by atoms with Crippen molar-refractivity contribution in [2.45, 2.75) is 57.6 Å². The maximum atomic E-state index is 9.49. The van der Waals surface area contributed by atoms with Crippen LogP contribution in [0.4, 0.5) is 11.6 Å². The van der Waals surface area contributed by atoms with E-state index in [0.717, 1.165) is 50.3 Å². The molecule has 1 aliphatic rings. The molecule has 0 radical (unpaired) electrons. The maximum Gasteiger partial charge on any atom is 0.131 e. The smallest absolute Gasteiger partial charge is 0.131 e. The third-order valence-corrected chi connectivity index (χ3v) is 3.55. The Kier molecular flexibility index (Phi) is 5.39. The molecule has 0 aromatic carbocycles. The van der Waals surface area contributed by atoms with Gasteiger partial charge in [-0.05, 0) is 32.1 Å². The van der Waals surface area contributed by atoms with Crippen molar-refractivity contribution in [1.29, 1.82) is 0 Å². The molecule has 0 aliphatic heterocycles. The first-order valence-electron chi connectivity index (χ1n) is 7.28. The monoisotopic (exact) mass is 264 g/mol. The Balaban J connectivity index is 1.84. The number of hydrogen-bond acceptors (Lipinski definition) is 5. The predicted octanol–water partition coefficient (Wildman–Crippen LogP) is 2.40. The minimum atomic E-state index is -0.116. The van der Waals surface area contributed by atoms with Gasteiger partial charge in [0.25, 0.3) is 0 Å². The summed E-state index contributed by atoms with van der Waals surface area (Å²) in [5, 5.41) is 16.2. The lowest BCUT2D eigenvalue weighted by atomic mass is 9.93. The molecule has 1 aromatic rings. The second-order valence-corrected chi connectivity index (χ2v) is 5.22. The Hall–Kier alpha value is -1.36. The number of aliphatic hydroxyl groups excluding tert-OH is 1. The van der Waals surface area contributed by atoms with Crippen LogP contribution in [0.5, 0.6) is 0 Å². The normalized spacial score (nSPS) is 23.1. The van der Waals surface area contributed by atoms with E-state index in [0.29, 0.717) is 6.04 Å². The molecule has 1 saturated carbocycles. The summed E-state index contributed by atoms with van der Waals surface area (Å²) < 4.78 is 0. The predicted molar refractivity (Wildman–Crippen MR) is 77.3 cm³/mol. The second-order valence-electron chi connectivity index (χ2n) is 5.22. The summed E-state index contributed by atoms with van der Waals surface area (Å²) in [6, 6.07) is 2.38. The van der Waals surface area contributed by atoms with Crippen molar-refractivity contribution < 1.29 is 5.11 Å². The van der Waals surface area contributed by atoms with Crippen molar-refractivity contribution in [1.82, 2.24) is 9.97 Å². The van der Waals surface area contributed by atoms with Gasteiger partial charge < -0.3 is 15.7 Å². The van der Waals surface area contributed by atoms with Crippen molar-refractivity contribution in [2.24, 2.45) is 0 Å². The number of nitrogens with zero attached hydrogens (tertiary/aromatic N) is 2. The van der Waals surface area contributed by atoms with Crippen LogP contribution in [0, 0.1) is 0 Å². The van der Waals surface area contributed by atoms with Crippen LogP contribution in [0.2, 0.25) is 0 Å². The highest BCUT2D eigenvalue weighted by Gasteiger charge is 2.19. The number of nitrogens with one attached hydrogen (secondary N) is 2. The van der Waals surface area contributed by atoms with E-state index in [-0.39, 0.29) is 6.10 Å². The van der Waals surface area contributed by atoms with E-state index < -0.39 is 0 Å². The van der Waals surface area contributed by atoms with E-state index >= 15 is 0 Å². The first kappa shape index (κ1) is 14.1. The molecule has 1 aliphatic carbocycles. The fourth-order valence-electron chi connectivity index (χ4n) is 2.36. The van der Waals surface area contributed by atoms with E-state index in [1.807, 2.05) is 6.07 Å². The van der Waals surface area contributed by atoms with Crippen molar-refractivity contribution in [3.8, 4) is 0 Å². The molecule has 3 N–H and O–H groups in total. The SMILES string of the molecule is CCCCNc1cc(NC2CCC(O)CC2)ncn1. The largest absolute Gasteiger partial charge is 0.393 e. The van der Waals surface area contributed by atoms with E-state index in [2.05, 4.69) is 27.5 Å². The minimum Gasteiger partial charge on any atom is -0.393 e. The Morgan fingerprint density at radius 1 is 1.21 bits per heavy atom. The van der Waals surface area contributed by atoms with Gasteiger partial charge in [0.2, 0.25) is 0 Å². The van der Waals surface area contributed by atoms with Gasteiger partial charge in [-0.25, -0.2) is 9.97 Å². The first-order valence-corrected chi connectivity index (χ1v) is 7.28. The molecule has 0 atom stereocenters. The zero-order valence-corrected chi connectivity index (χ0v) is 11.6. The van der Waals surface area contributed by atoms with Crippen molar-refractivity contribution in [3.05, 3.63) is 12.4 Å². The molecule has 19 heavy (non-hydrogen) atoms. The topological polar surface area (TPSA) is 70.1 Å². The van der Waals surface area contributed by atoms with Crippen molar-refractivity contribution >= 4 is 11.6 Å². The number of aliphatic hydroxyl groups is 1. The Labute approximate surface area is 114 Å². The molecule has 1 heterocycles. The van der Waals surface area contributed by atoms with Crippen LogP contribution >= 0.6 is 0 Å². The number of unbranched alkanes of at least 4 members (excludes halogenated alkanes) is 1. The molecule has 0 spiro atoms. The Morgan fingerprint density at radius 2 is 1.95 bits per heavy atom. The van der Waals surface area contributed by atoms with Crippen LogP contribution in [-0.2, 0) is 0 Å². The minimum absolute atomic E-state index is 0.116. The van der Waals surface area contributed by atoms with Crippen molar-refractivity contribution in [2.75, 3.05) is 17.2 Å². The summed E-state index contributed by atoms with van der Waals surface area (Å²) >= 11 is 0. The lowest BCUT2D eigenvalue weighted by Crippen LogP contribution is -2.28. The molecular weight excluding hydrogens is 240 g/mol. The highest BCUT2D eigenvalue weighted by molar-refractivity contribution is 5.46. The quantitative estimate of drug-likeness (QED) is 0.688. The van der Waals surface area contributed by atoms with Gasteiger partial charge in [0.05, 0.1) is 6.10 Å². The van der Waals surface area contributed by atoms with Gasteiger partial charge in [-0.2, -0.15) is 0 Å². The zero-order chi connectivity index (χ0) is 13.5. The van der Waals surface area contributed by atoms with Crippen LogP contribution in [0.3, 0.4) is 0 Å². The summed E-state index contributed by atoms with van der Waals surface area (Å²) in [5.74, 6) is 1.75. The molecule has 1 aromatic heterocycles. The molecule has 106 valence electrons. The van der Waals surface area contributed by atoms with Gasteiger partial charge >= 0.3 is 0 Å². The van der Waals surface area contributed by atoms with E-state index in [1.165, 1.54) is 6.42 Å². The Bertz CT molecular complexity index is 377. The van der Waals surface area contributed by atoms with E-state index in [4.69, 9.17) is 0 Å². The third-order valence-electron chi connectivity index (χ3n) is 3.55. The van der Waals surface area contributed by atoms with Gasteiger partial charge in [-0.3, -0.25) is 0 Å². The average molecular weight is 264 g/mol. The molecule has 5 heteroatoms. The summed E-state index contributed by atoms with van der Waals surface area (Å²) in [6.45, 7) is 3.12. The molecule has 0 amide bonds. The lowest BCUT2D eigenvalue weighted by molar-refractivity contribution is 0.126. The number of aromatic nitrogens is 2. The van der Waals surface area contributed by atoms with E-state index in [1.54, 1.807) is 6.33 Å². The fraction of sp³-hybridized carbons (Fsp3) is 0.714. The highest BCUT2D eigenvalue weighted by atomic mass is 16.3. The van der Waals surface area contributed by atoms with Gasteiger partial charge in [-0.1, -0.05) is 13.3 Å². The highest BCUT2D eigenvalue weighted by Crippen LogP contribution is 2.21. The van der Waals surface area contributed by atoms with Crippen LogP contribution < -0.4 is 10.6 Å². The molecule has 0 bridgehead atoms. The van der Waals surface area contributed by atoms with Gasteiger partial charge in [-0.15, -0.1) is 0 Å². The zero-order valence-electron chi connectivity index (χ0n) is 11.6. The fourth-order valence-corrected chi connectivity index (χ4v) is 2.36. The van der Waals surface area contributed by atoms with Crippen LogP contribution in [-0.4, -0.2) is 33.8 Å². The number of hydrogen-bond donors (Lipinski definition) is 3. The summed E-state index contributed by atoms with van der Waals surface area (Å²) in [7, 11) is 0. The molecule has 5 nitrogen and oxygen atoms in total. The Morgan fingerprint density at radius 3 is 2.68 bits per heavy atom. The van der Waals surface area contributed by atoms with Gasteiger partial charge in [0, 0.05) is 18.7 Å². The van der Waals surface area contributed by atoms with Gasteiger partial charge in [0.1, 0.15) is 18.0 Å². The summed E-state index contributed by atoms with van der Waals surface area (Å²) in [4.78, 5) is 8.47. The first-order chi connectivity index (χ1) is 9.28. The third kappa shape index (κ3) is 4.67. The van der Waals surface area contributed by atoms with Crippen LogP contribution in [0.25, 0.3) is 0 Å². The summed E-state index contributed by atoms with van der Waals surface area (Å²) in [6.07, 6.45) is 7.56. The summed E-state index contributed by atoms with van der Waals surface area (Å²) in [5.41, 5.74) is 0. The molecular formula is C14H24N4O. The van der Waals surface area contributed by atoms with Crippen LogP contribution in [0.15, 0.2) is 12.4 Å². The molecule has 1 fully saturated rings. The number of rotatable bonds is 6. The lowest BCUT2D eigenvalue weighted by Gasteiger charge is -2.26. The maximum absolute atomic E-state index is 9.49. The van der Waals surface area contributed by atoms with E-state index in [9.17, 15) is 5.11 Å². The molecule has 0 saturated heterocycles. The number of anilines is 2. The standard InChI is InChI=1S/C14H24N4O/c1-2-3-8-15-13-9-14(17-10-16-13)18-11-4-6-12(19)7-5-11/h9-12,19H,2-8H2,1H3,(H2,15,16,17,18). The van der Waals surface area contributed by atoms with Crippen LogP contribution in [0.1, 0.15) is 45.4 Å². The van der Waals surface area contributed by atoms with Crippen molar-refractivity contribution in [3.63, 3.8) is 0 Å². The second kappa shape index (κ2) is 7.28. The average Bonchev–Trinajstić information content (AvgIpc) is 2.42. The molecule has 2 rings (SSSR count). The molecule has 0 unspecified atom stereocenters. The van der Waals surface area contributed by atoms with Gasteiger partial charge in [0.15, 0.2) is 0 Å².